The number of carbonyl (C=O) groups excluding carboxylic acids is 1. The lowest BCUT2D eigenvalue weighted by atomic mass is 10.2. The number of halogens is 1. The fraction of sp³-hybridized carbons (Fsp3) is 0.417. The Labute approximate surface area is 105 Å². The van der Waals surface area contributed by atoms with Crippen LogP contribution in [0.4, 0.5) is 10.1 Å². The quantitative estimate of drug-likeness (QED) is 0.743. The van der Waals surface area contributed by atoms with E-state index in [1.807, 2.05) is 12.1 Å². The Morgan fingerprint density at radius 1 is 1.33 bits per heavy atom. The van der Waals surface area contributed by atoms with Crippen molar-refractivity contribution in [2.24, 2.45) is 0 Å². The van der Waals surface area contributed by atoms with E-state index in [0.717, 1.165) is 26.2 Å². The van der Waals surface area contributed by atoms with Crippen LogP contribution >= 0.6 is 0 Å². The summed E-state index contributed by atoms with van der Waals surface area (Å²) in [6, 6.07) is 3.98. The molecule has 0 unspecified atom stereocenters. The van der Waals surface area contributed by atoms with Gasteiger partial charge in [0.2, 0.25) is 0 Å². The van der Waals surface area contributed by atoms with Gasteiger partial charge in [-0.05, 0) is 25.2 Å². The maximum atomic E-state index is 13.0. The second kappa shape index (κ2) is 5.32. The molecule has 0 atom stereocenters. The number of nitrogens with two attached hydrogens (primary N) is 1. The van der Waals surface area contributed by atoms with Gasteiger partial charge < -0.3 is 10.6 Å². The lowest BCUT2D eigenvalue weighted by molar-refractivity contribution is 0.0662. The zero-order valence-electron chi connectivity index (χ0n) is 10.3. The Kier molecular flexibility index (Phi) is 3.78. The monoisotopic (exact) mass is 252 g/mol. The van der Waals surface area contributed by atoms with Gasteiger partial charge in [-0.25, -0.2) is 9.40 Å². The van der Waals surface area contributed by atoms with Crippen LogP contribution in [0.15, 0.2) is 18.2 Å². The van der Waals surface area contributed by atoms with Crippen LogP contribution in [0.3, 0.4) is 0 Å². The number of hydrogen-bond donors (Lipinski definition) is 2. The zero-order chi connectivity index (χ0) is 13.1. The van der Waals surface area contributed by atoms with E-state index in [9.17, 15) is 9.18 Å². The van der Waals surface area contributed by atoms with E-state index in [4.69, 9.17) is 5.73 Å². The lowest BCUT2D eigenvalue weighted by Crippen LogP contribution is -2.52. The Balaban J connectivity index is 1.97. The summed E-state index contributed by atoms with van der Waals surface area (Å²) in [6.45, 7) is 3.37. The van der Waals surface area contributed by atoms with Crippen molar-refractivity contribution in [2.45, 2.75) is 0 Å². The molecule has 0 saturated carbocycles. The average molecular weight is 252 g/mol. The second-order valence-corrected chi connectivity index (χ2v) is 4.47. The highest BCUT2D eigenvalue weighted by Gasteiger charge is 2.16. The Bertz CT molecular complexity index is 444. The molecular weight excluding hydrogens is 235 g/mol. The zero-order valence-corrected chi connectivity index (χ0v) is 10.3. The standard InChI is InChI=1S/C12H17FN4O/c1-16-4-6-17(7-5-16)15-12(18)9-2-3-10(13)11(14)8-9/h2-3,8H,4-7,14H2,1H3,(H,15,18). The number of amides is 1. The molecule has 1 aromatic rings. The number of hydrogen-bond acceptors (Lipinski definition) is 4. The number of rotatable bonds is 2. The fourth-order valence-corrected chi connectivity index (χ4v) is 1.81. The maximum absolute atomic E-state index is 13.0. The van der Waals surface area contributed by atoms with Crippen LogP contribution in [0.25, 0.3) is 0 Å². The summed E-state index contributed by atoms with van der Waals surface area (Å²) in [5.41, 5.74) is 8.58. The number of nitrogens with one attached hydrogen (secondary N) is 1. The highest BCUT2D eigenvalue weighted by Crippen LogP contribution is 2.12. The number of hydrazine groups is 1. The molecule has 2 rings (SSSR count). The normalized spacial score (nSPS) is 17.7. The molecule has 0 radical (unpaired) electrons. The van der Waals surface area contributed by atoms with Crippen molar-refractivity contribution in [2.75, 3.05) is 39.0 Å². The third-order valence-corrected chi connectivity index (χ3v) is 3.02. The molecule has 98 valence electrons. The number of anilines is 1. The van der Waals surface area contributed by atoms with Crippen molar-refractivity contribution in [3.8, 4) is 0 Å². The summed E-state index contributed by atoms with van der Waals surface area (Å²) in [4.78, 5) is 14.1. The van der Waals surface area contributed by atoms with Gasteiger partial charge in [-0.2, -0.15) is 0 Å². The first-order chi connectivity index (χ1) is 8.56. The molecule has 1 aliphatic heterocycles. The molecule has 5 nitrogen and oxygen atoms in total. The average Bonchev–Trinajstić information content (AvgIpc) is 2.35. The molecule has 1 aromatic carbocycles. The summed E-state index contributed by atoms with van der Waals surface area (Å²) in [5, 5.41) is 1.86. The molecule has 0 aliphatic carbocycles. The summed E-state index contributed by atoms with van der Waals surface area (Å²) in [6.07, 6.45) is 0. The van der Waals surface area contributed by atoms with Gasteiger partial charge in [-0.3, -0.25) is 10.2 Å². The molecule has 3 N–H and O–H groups in total. The molecule has 1 aliphatic rings. The minimum Gasteiger partial charge on any atom is -0.396 e. The van der Waals surface area contributed by atoms with E-state index in [-0.39, 0.29) is 11.6 Å². The second-order valence-electron chi connectivity index (χ2n) is 4.47. The molecule has 0 bridgehead atoms. The molecule has 1 heterocycles. The summed E-state index contributed by atoms with van der Waals surface area (Å²) < 4.78 is 13.0. The largest absolute Gasteiger partial charge is 0.396 e. The van der Waals surface area contributed by atoms with Gasteiger partial charge in [0, 0.05) is 31.7 Å². The van der Waals surface area contributed by atoms with E-state index >= 15 is 0 Å². The van der Waals surface area contributed by atoms with E-state index in [1.54, 1.807) is 0 Å². The van der Waals surface area contributed by atoms with Gasteiger partial charge in [-0.1, -0.05) is 0 Å². The first kappa shape index (κ1) is 12.8. The SMILES string of the molecule is CN1CCN(NC(=O)c2ccc(F)c(N)c2)CC1. The van der Waals surface area contributed by atoms with E-state index < -0.39 is 5.82 Å². The predicted octanol–water partition coefficient (Wildman–Crippen LogP) is 0.300. The highest BCUT2D eigenvalue weighted by molar-refractivity contribution is 5.94. The Hall–Kier alpha value is -1.66. The van der Waals surface area contributed by atoms with Gasteiger partial charge >= 0.3 is 0 Å². The first-order valence-electron chi connectivity index (χ1n) is 5.86. The fourth-order valence-electron chi connectivity index (χ4n) is 1.81. The van der Waals surface area contributed by atoms with Crippen molar-refractivity contribution in [3.63, 3.8) is 0 Å². The topological polar surface area (TPSA) is 61.6 Å². The number of nitrogen functional groups attached to an aromatic ring is 1. The van der Waals surface area contributed by atoms with Crippen molar-refractivity contribution in [3.05, 3.63) is 29.6 Å². The predicted molar refractivity (Wildman–Crippen MR) is 67.3 cm³/mol. The first-order valence-corrected chi connectivity index (χ1v) is 5.86. The van der Waals surface area contributed by atoms with E-state index in [1.165, 1.54) is 18.2 Å². The molecule has 0 aromatic heterocycles. The number of piperazine rings is 1. The lowest BCUT2D eigenvalue weighted by Gasteiger charge is -2.32. The molecule has 6 heteroatoms. The summed E-state index contributed by atoms with van der Waals surface area (Å²) in [5.74, 6) is -0.766. The van der Waals surface area contributed by atoms with Gasteiger partial charge in [-0.15, -0.1) is 0 Å². The number of benzene rings is 1. The van der Waals surface area contributed by atoms with Crippen LogP contribution in [0, 0.1) is 5.82 Å². The summed E-state index contributed by atoms with van der Waals surface area (Å²) >= 11 is 0. The van der Waals surface area contributed by atoms with E-state index in [2.05, 4.69) is 10.3 Å². The van der Waals surface area contributed by atoms with Crippen molar-refractivity contribution >= 4 is 11.6 Å². The minimum atomic E-state index is -0.508. The van der Waals surface area contributed by atoms with Gasteiger partial charge in [0.25, 0.3) is 5.91 Å². The molecular formula is C12H17FN4O. The smallest absolute Gasteiger partial charge is 0.265 e. The number of nitrogens with zero attached hydrogens (tertiary/aromatic N) is 2. The summed E-state index contributed by atoms with van der Waals surface area (Å²) in [7, 11) is 2.04. The molecule has 1 saturated heterocycles. The van der Waals surface area contributed by atoms with Crippen LogP contribution in [-0.2, 0) is 0 Å². The minimum absolute atomic E-state index is 0.0129. The van der Waals surface area contributed by atoms with Crippen LogP contribution in [0.2, 0.25) is 0 Å². The third-order valence-electron chi connectivity index (χ3n) is 3.02. The maximum Gasteiger partial charge on any atom is 0.265 e. The Morgan fingerprint density at radius 2 is 2.00 bits per heavy atom. The number of carbonyl (C=O) groups is 1. The Morgan fingerprint density at radius 3 is 2.61 bits per heavy atom. The third kappa shape index (κ3) is 2.96. The van der Waals surface area contributed by atoms with Crippen molar-refractivity contribution < 1.29 is 9.18 Å². The molecule has 1 amide bonds. The van der Waals surface area contributed by atoms with Crippen LogP contribution in [0.5, 0.6) is 0 Å². The number of likely N-dealkylation sites (N-methyl/N-ethyl adjacent to an activating group) is 1. The highest BCUT2D eigenvalue weighted by atomic mass is 19.1. The van der Waals surface area contributed by atoms with Crippen LogP contribution in [-0.4, -0.2) is 49.0 Å². The molecule has 18 heavy (non-hydrogen) atoms. The van der Waals surface area contributed by atoms with Crippen LogP contribution in [0.1, 0.15) is 10.4 Å². The van der Waals surface area contributed by atoms with Crippen molar-refractivity contribution in [1.29, 1.82) is 0 Å². The van der Waals surface area contributed by atoms with Crippen molar-refractivity contribution in [1.82, 2.24) is 15.3 Å². The van der Waals surface area contributed by atoms with Gasteiger partial charge in [0.15, 0.2) is 0 Å². The molecule has 0 spiro atoms. The van der Waals surface area contributed by atoms with Gasteiger partial charge in [0.1, 0.15) is 5.82 Å². The van der Waals surface area contributed by atoms with E-state index in [0.29, 0.717) is 5.56 Å². The van der Waals surface area contributed by atoms with Gasteiger partial charge in [0.05, 0.1) is 5.69 Å². The van der Waals surface area contributed by atoms with Crippen LogP contribution < -0.4 is 11.2 Å². The molecule has 1 fully saturated rings.